The fourth-order valence-corrected chi connectivity index (χ4v) is 4.19. The summed E-state index contributed by atoms with van der Waals surface area (Å²) in [5.74, 6) is 0.889. The SMILES string of the molecule is CCCCCCCCc1ccc(OCCOCCOCCOCCOCCOCCOCCOCCOCCOCCCC)cc1. The molecule has 0 aliphatic rings. The molecule has 0 atom stereocenters. The molecular weight excluding hydrogens is 592 g/mol. The number of unbranched alkanes of at least 4 members (excludes halogenated alkanes) is 6. The monoisotopic (exact) mass is 658 g/mol. The van der Waals surface area contributed by atoms with Gasteiger partial charge in [0.2, 0.25) is 0 Å². The van der Waals surface area contributed by atoms with Crippen molar-refractivity contribution in [1.82, 2.24) is 0 Å². The maximum Gasteiger partial charge on any atom is 0.119 e. The molecule has 0 heterocycles. The van der Waals surface area contributed by atoms with Gasteiger partial charge in [-0.05, 0) is 37.0 Å². The van der Waals surface area contributed by atoms with E-state index in [4.69, 9.17) is 47.4 Å². The lowest BCUT2D eigenvalue weighted by Gasteiger charge is -2.09. The standard InChI is InChI=1S/C36H66O10/c1-3-5-7-8-9-10-11-35-12-14-36(15-13-35)46-34-33-45-32-31-44-30-29-43-28-27-42-26-25-41-24-23-40-22-21-39-20-19-38-18-17-37-16-6-4-2/h12-15H,3-11,16-34H2,1-2H3. The van der Waals surface area contributed by atoms with Crippen LogP contribution in [0, 0.1) is 0 Å². The quantitative estimate of drug-likeness (QED) is 0.0798. The normalized spacial score (nSPS) is 11.4. The van der Waals surface area contributed by atoms with Crippen LogP contribution < -0.4 is 4.74 Å². The number of hydrogen-bond donors (Lipinski definition) is 0. The Morgan fingerprint density at radius 3 is 1.04 bits per heavy atom. The summed E-state index contributed by atoms with van der Waals surface area (Å²) >= 11 is 0. The minimum atomic E-state index is 0.526. The molecule has 0 amide bonds. The van der Waals surface area contributed by atoms with Gasteiger partial charge in [-0.3, -0.25) is 0 Å². The van der Waals surface area contributed by atoms with Gasteiger partial charge in [-0.15, -0.1) is 0 Å². The van der Waals surface area contributed by atoms with Gasteiger partial charge >= 0.3 is 0 Å². The average Bonchev–Trinajstić information content (AvgIpc) is 3.08. The summed E-state index contributed by atoms with van der Waals surface area (Å²) in [6.07, 6.45) is 11.4. The summed E-state index contributed by atoms with van der Waals surface area (Å²) in [5.41, 5.74) is 1.38. The van der Waals surface area contributed by atoms with Crippen LogP contribution in [0.15, 0.2) is 24.3 Å². The van der Waals surface area contributed by atoms with E-state index in [-0.39, 0.29) is 0 Å². The van der Waals surface area contributed by atoms with E-state index < -0.39 is 0 Å². The van der Waals surface area contributed by atoms with Gasteiger partial charge in [-0.2, -0.15) is 0 Å². The molecule has 0 fully saturated rings. The van der Waals surface area contributed by atoms with E-state index >= 15 is 0 Å². The summed E-state index contributed by atoms with van der Waals surface area (Å²) in [5, 5.41) is 0. The molecule has 46 heavy (non-hydrogen) atoms. The third kappa shape index (κ3) is 31.3. The van der Waals surface area contributed by atoms with Crippen molar-refractivity contribution in [3.63, 3.8) is 0 Å². The third-order valence-corrected chi connectivity index (χ3v) is 6.86. The number of rotatable bonds is 38. The van der Waals surface area contributed by atoms with Crippen molar-refractivity contribution in [3.05, 3.63) is 29.8 Å². The molecule has 0 bridgehead atoms. The highest BCUT2D eigenvalue weighted by Gasteiger charge is 1.99. The highest BCUT2D eigenvalue weighted by atomic mass is 16.6. The van der Waals surface area contributed by atoms with Crippen molar-refractivity contribution in [3.8, 4) is 5.75 Å². The molecule has 0 spiro atoms. The zero-order chi connectivity index (χ0) is 32.9. The van der Waals surface area contributed by atoms with Crippen molar-refractivity contribution < 1.29 is 47.4 Å². The topological polar surface area (TPSA) is 92.3 Å². The molecule has 10 nitrogen and oxygen atoms in total. The second-order valence-electron chi connectivity index (χ2n) is 10.9. The molecule has 0 radical (unpaired) electrons. The molecule has 0 aromatic heterocycles. The van der Waals surface area contributed by atoms with Gasteiger partial charge in [0, 0.05) is 6.61 Å². The molecule has 10 heteroatoms. The molecule has 0 aliphatic carbocycles. The van der Waals surface area contributed by atoms with E-state index in [1.165, 1.54) is 44.1 Å². The largest absolute Gasteiger partial charge is 0.491 e. The number of benzene rings is 1. The molecule has 1 rings (SSSR count). The van der Waals surface area contributed by atoms with Gasteiger partial charge in [0.05, 0.1) is 112 Å². The molecular formula is C36H66O10. The van der Waals surface area contributed by atoms with Crippen molar-refractivity contribution in [2.24, 2.45) is 0 Å². The second-order valence-corrected chi connectivity index (χ2v) is 10.9. The first-order chi connectivity index (χ1) is 22.9. The maximum absolute atomic E-state index is 5.77. The molecule has 0 saturated heterocycles. The fourth-order valence-electron chi connectivity index (χ4n) is 4.19. The molecule has 0 N–H and O–H groups in total. The van der Waals surface area contributed by atoms with Crippen LogP contribution in [0.1, 0.15) is 70.8 Å². The Morgan fingerprint density at radius 2 is 0.652 bits per heavy atom. The summed E-state index contributed by atoms with van der Waals surface area (Å²) in [6, 6.07) is 8.45. The number of ether oxygens (including phenoxy) is 10. The van der Waals surface area contributed by atoms with E-state index in [0.29, 0.717) is 119 Å². The van der Waals surface area contributed by atoms with Crippen molar-refractivity contribution >= 4 is 0 Å². The van der Waals surface area contributed by atoms with E-state index in [0.717, 1.165) is 31.6 Å². The lowest BCUT2D eigenvalue weighted by Crippen LogP contribution is -2.15. The first kappa shape index (κ1) is 42.7. The van der Waals surface area contributed by atoms with Crippen LogP contribution >= 0.6 is 0 Å². The lowest BCUT2D eigenvalue weighted by atomic mass is 10.0. The van der Waals surface area contributed by atoms with Gasteiger partial charge in [-0.1, -0.05) is 64.5 Å². The maximum atomic E-state index is 5.77. The number of aryl methyl sites for hydroxylation is 1. The average molecular weight is 659 g/mol. The predicted molar refractivity (Wildman–Crippen MR) is 181 cm³/mol. The van der Waals surface area contributed by atoms with Crippen LogP contribution in [-0.2, 0) is 49.1 Å². The van der Waals surface area contributed by atoms with E-state index in [2.05, 4.69) is 38.1 Å². The molecule has 270 valence electrons. The number of hydrogen-bond acceptors (Lipinski definition) is 10. The molecule has 0 unspecified atom stereocenters. The minimum absolute atomic E-state index is 0.526. The Kier molecular flexibility index (Phi) is 33.9. The van der Waals surface area contributed by atoms with Crippen molar-refractivity contribution in [1.29, 1.82) is 0 Å². The molecule has 1 aromatic rings. The smallest absolute Gasteiger partial charge is 0.119 e. The van der Waals surface area contributed by atoms with Gasteiger partial charge in [0.15, 0.2) is 0 Å². The van der Waals surface area contributed by atoms with E-state index in [1.807, 2.05) is 0 Å². The van der Waals surface area contributed by atoms with Gasteiger partial charge < -0.3 is 47.4 Å². The fraction of sp³-hybridized carbons (Fsp3) is 0.833. The zero-order valence-electron chi connectivity index (χ0n) is 29.2. The lowest BCUT2D eigenvalue weighted by molar-refractivity contribution is -0.0254. The van der Waals surface area contributed by atoms with Crippen LogP contribution in [-0.4, -0.2) is 126 Å². The molecule has 1 aromatic carbocycles. The Bertz CT molecular complexity index is 707. The van der Waals surface area contributed by atoms with Crippen LogP contribution in [0.25, 0.3) is 0 Å². The third-order valence-electron chi connectivity index (χ3n) is 6.86. The van der Waals surface area contributed by atoms with Crippen LogP contribution in [0.4, 0.5) is 0 Å². The second kappa shape index (κ2) is 36.5. The highest BCUT2D eigenvalue weighted by molar-refractivity contribution is 5.27. The molecule has 0 aliphatic heterocycles. The molecule has 0 saturated carbocycles. The first-order valence-corrected chi connectivity index (χ1v) is 17.8. The summed E-state index contributed by atoms with van der Waals surface area (Å²) in [7, 11) is 0. The van der Waals surface area contributed by atoms with E-state index in [9.17, 15) is 0 Å². The Balaban J connectivity index is 1.70. The van der Waals surface area contributed by atoms with Crippen molar-refractivity contribution in [2.45, 2.75) is 71.6 Å². The van der Waals surface area contributed by atoms with Gasteiger partial charge in [-0.25, -0.2) is 0 Å². The van der Waals surface area contributed by atoms with Crippen molar-refractivity contribution in [2.75, 3.05) is 126 Å². The highest BCUT2D eigenvalue weighted by Crippen LogP contribution is 2.15. The van der Waals surface area contributed by atoms with Crippen LogP contribution in [0.3, 0.4) is 0 Å². The van der Waals surface area contributed by atoms with Gasteiger partial charge in [0.1, 0.15) is 12.4 Å². The first-order valence-electron chi connectivity index (χ1n) is 17.8. The predicted octanol–water partition coefficient (Wildman–Crippen LogP) is 5.92. The Morgan fingerprint density at radius 1 is 0.326 bits per heavy atom. The zero-order valence-corrected chi connectivity index (χ0v) is 29.2. The summed E-state index contributed by atoms with van der Waals surface area (Å²) in [4.78, 5) is 0. The van der Waals surface area contributed by atoms with E-state index in [1.54, 1.807) is 0 Å². The summed E-state index contributed by atoms with van der Waals surface area (Å²) in [6.45, 7) is 15.0. The van der Waals surface area contributed by atoms with Crippen LogP contribution in [0.5, 0.6) is 5.75 Å². The Hall–Kier alpha value is -1.34. The van der Waals surface area contributed by atoms with Crippen LogP contribution in [0.2, 0.25) is 0 Å². The van der Waals surface area contributed by atoms with Gasteiger partial charge in [0.25, 0.3) is 0 Å². The Labute approximate surface area is 280 Å². The minimum Gasteiger partial charge on any atom is -0.491 e. The summed E-state index contributed by atoms with van der Waals surface area (Å²) < 4.78 is 55.2.